The Hall–Kier alpha value is -0.620. The summed E-state index contributed by atoms with van der Waals surface area (Å²) in [5.41, 5.74) is 0. The number of sulfone groups is 1. The molecular weight excluding hydrogens is 232 g/mol. The summed E-state index contributed by atoms with van der Waals surface area (Å²) in [5, 5.41) is -0.717. The monoisotopic (exact) mass is 252 g/mol. The van der Waals surface area contributed by atoms with E-state index in [9.17, 15) is 13.2 Å². The van der Waals surface area contributed by atoms with Crippen molar-refractivity contribution < 1.29 is 22.7 Å². The van der Waals surface area contributed by atoms with Gasteiger partial charge in [-0.2, -0.15) is 0 Å². The lowest BCUT2D eigenvalue weighted by Crippen LogP contribution is -2.26. The van der Waals surface area contributed by atoms with Crippen LogP contribution in [0.15, 0.2) is 0 Å². The van der Waals surface area contributed by atoms with Crippen molar-refractivity contribution in [2.45, 2.75) is 31.9 Å². The predicted molar refractivity (Wildman–Crippen MR) is 61.0 cm³/mol. The maximum absolute atomic E-state index is 11.7. The van der Waals surface area contributed by atoms with Crippen LogP contribution in [0.3, 0.4) is 0 Å². The predicted octanol–water partition coefficient (Wildman–Crippen LogP) is 0.779. The van der Waals surface area contributed by atoms with Gasteiger partial charge in [-0.05, 0) is 13.3 Å². The Bertz CT molecular complexity index is 296. The van der Waals surface area contributed by atoms with Crippen LogP contribution in [0.4, 0.5) is 0 Å². The third-order valence-electron chi connectivity index (χ3n) is 2.16. The third-order valence-corrected chi connectivity index (χ3v) is 4.28. The molecule has 0 heterocycles. The first-order chi connectivity index (χ1) is 7.44. The van der Waals surface area contributed by atoms with Gasteiger partial charge in [0.15, 0.2) is 9.84 Å². The largest absolute Gasteiger partial charge is 0.469 e. The molecule has 0 radical (unpaired) electrons. The van der Waals surface area contributed by atoms with Gasteiger partial charge < -0.3 is 9.47 Å². The topological polar surface area (TPSA) is 69.7 Å². The van der Waals surface area contributed by atoms with Gasteiger partial charge in [0.25, 0.3) is 0 Å². The first kappa shape index (κ1) is 15.4. The van der Waals surface area contributed by atoms with Crippen LogP contribution >= 0.6 is 0 Å². The summed E-state index contributed by atoms with van der Waals surface area (Å²) in [6.45, 7) is 4.20. The van der Waals surface area contributed by atoms with Crippen molar-refractivity contribution in [3.63, 3.8) is 0 Å². The van der Waals surface area contributed by atoms with E-state index in [1.54, 1.807) is 0 Å². The second-order valence-electron chi connectivity index (χ2n) is 3.57. The summed E-state index contributed by atoms with van der Waals surface area (Å²) in [4.78, 5) is 10.9. The van der Waals surface area contributed by atoms with E-state index in [0.717, 1.165) is 6.42 Å². The van der Waals surface area contributed by atoms with Gasteiger partial charge in [0.1, 0.15) is 0 Å². The van der Waals surface area contributed by atoms with Crippen molar-refractivity contribution in [1.82, 2.24) is 0 Å². The molecule has 0 aromatic rings. The molecule has 0 aliphatic heterocycles. The fourth-order valence-electron chi connectivity index (χ4n) is 1.07. The first-order valence-electron chi connectivity index (χ1n) is 5.30. The molecule has 0 N–H and O–H groups in total. The Balaban J connectivity index is 4.06. The quantitative estimate of drug-likeness (QED) is 0.471. The fourth-order valence-corrected chi connectivity index (χ4v) is 2.21. The number of esters is 1. The molecule has 0 aromatic carbocycles. The SMILES string of the molecule is CCCOCCS(=O)(=O)C(C)CC(=O)OC. The van der Waals surface area contributed by atoms with E-state index in [1.807, 2.05) is 6.92 Å². The molecule has 0 rings (SSSR count). The summed E-state index contributed by atoms with van der Waals surface area (Å²) < 4.78 is 32.8. The first-order valence-corrected chi connectivity index (χ1v) is 7.01. The Labute approximate surface area is 97.0 Å². The van der Waals surface area contributed by atoms with Crippen molar-refractivity contribution in [1.29, 1.82) is 0 Å². The van der Waals surface area contributed by atoms with Crippen LogP contribution in [0.5, 0.6) is 0 Å². The van der Waals surface area contributed by atoms with Crippen molar-refractivity contribution >= 4 is 15.8 Å². The fraction of sp³-hybridized carbons (Fsp3) is 0.900. The highest BCUT2D eigenvalue weighted by Gasteiger charge is 2.23. The van der Waals surface area contributed by atoms with Gasteiger partial charge in [-0.3, -0.25) is 4.79 Å². The van der Waals surface area contributed by atoms with Gasteiger partial charge in [-0.25, -0.2) is 8.42 Å². The van der Waals surface area contributed by atoms with E-state index in [0.29, 0.717) is 6.61 Å². The van der Waals surface area contributed by atoms with Crippen LogP contribution in [0.25, 0.3) is 0 Å². The molecule has 0 amide bonds. The lowest BCUT2D eigenvalue weighted by molar-refractivity contribution is -0.140. The van der Waals surface area contributed by atoms with E-state index in [4.69, 9.17) is 4.74 Å². The molecule has 0 fully saturated rings. The highest BCUT2D eigenvalue weighted by atomic mass is 32.2. The normalized spacial score (nSPS) is 13.4. The number of ether oxygens (including phenoxy) is 2. The Morgan fingerprint density at radius 2 is 1.94 bits per heavy atom. The maximum atomic E-state index is 11.7. The summed E-state index contributed by atoms with van der Waals surface area (Å²) in [7, 11) is -2.03. The summed E-state index contributed by atoms with van der Waals surface area (Å²) in [6, 6.07) is 0. The van der Waals surface area contributed by atoms with Crippen LogP contribution in [-0.4, -0.2) is 45.7 Å². The van der Waals surface area contributed by atoms with Gasteiger partial charge >= 0.3 is 5.97 Å². The van der Waals surface area contributed by atoms with Crippen LogP contribution < -0.4 is 0 Å². The molecular formula is C10H20O5S. The zero-order chi connectivity index (χ0) is 12.6. The van der Waals surface area contributed by atoms with Gasteiger partial charge in [0.2, 0.25) is 0 Å². The Morgan fingerprint density at radius 3 is 2.44 bits per heavy atom. The van der Waals surface area contributed by atoms with E-state index >= 15 is 0 Å². The molecule has 1 unspecified atom stereocenters. The van der Waals surface area contributed by atoms with Gasteiger partial charge in [-0.1, -0.05) is 6.92 Å². The van der Waals surface area contributed by atoms with Crippen molar-refractivity contribution in [2.24, 2.45) is 0 Å². The van der Waals surface area contributed by atoms with Crippen molar-refractivity contribution in [2.75, 3.05) is 26.1 Å². The number of hydrogen-bond donors (Lipinski definition) is 0. The van der Waals surface area contributed by atoms with E-state index < -0.39 is 21.1 Å². The van der Waals surface area contributed by atoms with Gasteiger partial charge in [0.05, 0.1) is 31.1 Å². The van der Waals surface area contributed by atoms with Crippen LogP contribution in [-0.2, 0) is 24.1 Å². The second kappa shape index (κ2) is 7.62. The Morgan fingerprint density at radius 1 is 1.31 bits per heavy atom. The number of carbonyl (C=O) groups is 1. The zero-order valence-electron chi connectivity index (χ0n) is 10.1. The number of carbonyl (C=O) groups excluding carboxylic acids is 1. The number of methoxy groups -OCH3 is 1. The smallest absolute Gasteiger partial charge is 0.306 e. The number of hydrogen-bond acceptors (Lipinski definition) is 5. The zero-order valence-corrected chi connectivity index (χ0v) is 10.9. The third kappa shape index (κ3) is 6.07. The van der Waals surface area contributed by atoms with Crippen LogP contribution in [0.2, 0.25) is 0 Å². The highest BCUT2D eigenvalue weighted by molar-refractivity contribution is 7.92. The van der Waals surface area contributed by atoms with Gasteiger partial charge in [0, 0.05) is 6.61 Å². The van der Waals surface area contributed by atoms with E-state index in [1.165, 1.54) is 14.0 Å². The van der Waals surface area contributed by atoms with Crippen LogP contribution in [0.1, 0.15) is 26.7 Å². The minimum Gasteiger partial charge on any atom is -0.469 e. The molecule has 0 saturated heterocycles. The minimum atomic E-state index is -3.27. The molecule has 5 nitrogen and oxygen atoms in total. The molecule has 16 heavy (non-hydrogen) atoms. The average Bonchev–Trinajstić information content (AvgIpc) is 2.24. The number of rotatable bonds is 8. The molecule has 0 spiro atoms. The van der Waals surface area contributed by atoms with Crippen LogP contribution in [0, 0.1) is 0 Å². The van der Waals surface area contributed by atoms with E-state index in [-0.39, 0.29) is 18.8 Å². The second-order valence-corrected chi connectivity index (χ2v) is 6.11. The lowest BCUT2D eigenvalue weighted by atomic mass is 10.3. The summed E-state index contributed by atoms with van der Waals surface area (Å²) in [5.74, 6) is -0.559. The van der Waals surface area contributed by atoms with Crippen molar-refractivity contribution in [3.8, 4) is 0 Å². The summed E-state index contributed by atoms with van der Waals surface area (Å²) >= 11 is 0. The molecule has 96 valence electrons. The Kier molecular flexibility index (Phi) is 7.33. The molecule has 0 aliphatic carbocycles. The molecule has 1 atom stereocenters. The average molecular weight is 252 g/mol. The molecule has 0 aliphatic rings. The van der Waals surface area contributed by atoms with Crippen molar-refractivity contribution in [3.05, 3.63) is 0 Å². The molecule has 6 heteroatoms. The molecule has 0 bridgehead atoms. The standard InChI is InChI=1S/C10H20O5S/c1-4-5-15-6-7-16(12,13)9(2)8-10(11)14-3/h9H,4-8H2,1-3H3. The molecule has 0 saturated carbocycles. The molecule has 0 aromatic heterocycles. The summed E-state index contributed by atoms with van der Waals surface area (Å²) in [6.07, 6.45) is 0.754. The minimum absolute atomic E-state index is 0.0504. The van der Waals surface area contributed by atoms with Gasteiger partial charge in [-0.15, -0.1) is 0 Å². The maximum Gasteiger partial charge on any atom is 0.306 e. The highest BCUT2D eigenvalue weighted by Crippen LogP contribution is 2.07. The van der Waals surface area contributed by atoms with E-state index in [2.05, 4.69) is 4.74 Å². The lowest BCUT2D eigenvalue weighted by Gasteiger charge is -2.11.